The number of ether oxygens (including phenoxy) is 4. The van der Waals surface area contributed by atoms with Gasteiger partial charge in [0.1, 0.15) is 18.1 Å². The fourth-order valence-corrected chi connectivity index (χ4v) is 8.30. The van der Waals surface area contributed by atoms with Crippen LogP contribution in [0.15, 0.2) is 47.4 Å². The van der Waals surface area contributed by atoms with Gasteiger partial charge >= 0.3 is 0 Å². The van der Waals surface area contributed by atoms with Crippen molar-refractivity contribution in [3.05, 3.63) is 42.5 Å². The predicted octanol–water partition coefficient (Wildman–Crippen LogP) is 1.32. The van der Waals surface area contributed by atoms with E-state index in [-0.39, 0.29) is 29.5 Å². The van der Waals surface area contributed by atoms with Gasteiger partial charge in [-0.25, -0.2) is 16.8 Å². The molecule has 2 atom stereocenters. The van der Waals surface area contributed by atoms with Gasteiger partial charge in [0.25, 0.3) is 0 Å². The zero-order chi connectivity index (χ0) is 23.4. The Bertz CT molecular complexity index is 1130. The normalized spacial score (nSPS) is 20.0. The van der Waals surface area contributed by atoms with Crippen LogP contribution in [-0.2, 0) is 19.7 Å². The number of sulfone groups is 2. The lowest BCUT2D eigenvalue weighted by Gasteiger charge is -2.20. The number of benzene rings is 2. The highest BCUT2D eigenvalue weighted by atomic mass is 32.2. The van der Waals surface area contributed by atoms with E-state index in [2.05, 4.69) is 5.32 Å². The largest absolute Gasteiger partial charge is 0.497 e. The molecule has 1 aliphatic rings. The Morgan fingerprint density at radius 3 is 2.19 bits per heavy atom. The van der Waals surface area contributed by atoms with Crippen LogP contribution >= 0.6 is 0 Å². The molecule has 1 saturated heterocycles. The van der Waals surface area contributed by atoms with Crippen LogP contribution in [0.5, 0.6) is 23.0 Å². The number of methoxy groups -OCH3 is 3. The Hall–Kier alpha value is -2.50. The molecule has 2 aromatic rings. The van der Waals surface area contributed by atoms with Gasteiger partial charge in [-0.15, -0.1) is 0 Å². The minimum atomic E-state index is -3.95. The summed E-state index contributed by atoms with van der Waals surface area (Å²) >= 11 is 0. The Labute approximate surface area is 188 Å². The molecule has 11 heteroatoms. The summed E-state index contributed by atoms with van der Waals surface area (Å²) < 4.78 is 72.2. The van der Waals surface area contributed by atoms with E-state index in [0.717, 1.165) is 0 Å². The molecule has 1 N–H and O–H groups in total. The zero-order valence-corrected chi connectivity index (χ0v) is 19.7. The first-order chi connectivity index (χ1) is 15.2. The summed E-state index contributed by atoms with van der Waals surface area (Å²) in [5, 5.41) is 1.92. The number of hydrogen-bond acceptors (Lipinski definition) is 9. The maximum Gasteiger partial charge on any atom is 0.183 e. The van der Waals surface area contributed by atoms with Crippen LogP contribution in [0.1, 0.15) is 0 Å². The molecule has 3 rings (SSSR count). The summed E-state index contributed by atoms with van der Waals surface area (Å²) in [6.07, 6.45) is 0. The van der Waals surface area contributed by atoms with Crippen molar-refractivity contribution in [2.75, 3.05) is 46.0 Å². The molecule has 1 aliphatic heterocycles. The van der Waals surface area contributed by atoms with Gasteiger partial charge in [-0.1, -0.05) is 0 Å². The van der Waals surface area contributed by atoms with Crippen LogP contribution in [0.4, 0.5) is 0 Å². The van der Waals surface area contributed by atoms with Gasteiger partial charge in [-0.3, -0.25) is 0 Å². The number of nitrogens with one attached hydrogen (secondary N) is 1. The standard InChI is InChI=1S/C21H27NO8S2/c1-27-15-4-6-16(7-5-15)30-11-10-22-18-13-31(23,24)14-21(18)32(25,26)17-8-9-19(28-2)20(12-17)29-3/h4-9,12,18,21-22H,10-11,13-14H2,1-3H3/t18-,21-/m0/s1. The second kappa shape index (κ2) is 9.97. The minimum absolute atomic E-state index is 0.0152. The van der Waals surface area contributed by atoms with Crippen molar-refractivity contribution in [3.8, 4) is 23.0 Å². The molecular weight excluding hydrogens is 458 g/mol. The average molecular weight is 486 g/mol. The van der Waals surface area contributed by atoms with Crippen LogP contribution in [0, 0.1) is 0 Å². The van der Waals surface area contributed by atoms with E-state index in [9.17, 15) is 16.8 Å². The fourth-order valence-electron chi connectivity index (χ4n) is 3.57. The van der Waals surface area contributed by atoms with E-state index in [1.165, 1.54) is 32.4 Å². The molecule has 0 spiro atoms. The molecule has 2 aromatic carbocycles. The summed E-state index contributed by atoms with van der Waals surface area (Å²) in [7, 11) is -3.04. The molecule has 0 amide bonds. The second-order valence-corrected chi connectivity index (χ2v) is 11.6. The van der Waals surface area contributed by atoms with E-state index in [1.807, 2.05) is 0 Å². The third-order valence-corrected chi connectivity index (χ3v) is 9.37. The third kappa shape index (κ3) is 5.45. The Balaban J connectivity index is 1.70. The first-order valence-corrected chi connectivity index (χ1v) is 13.2. The van der Waals surface area contributed by atoms with Gasteiger partial charge in [0.15, 0.2) is 31.2 Å². The van der Waals surface area contributed by atoms with Crippen molar-refractivity contribution in [1.82, 2.24) is 5.32 Å². The van der Waals surface area contributed by atoms with E-state index < -0.39 is 36.7 Å². The molecule has 0 bridgehead atoms. The summed E-state index contributed by atoms with van der Waals surface area (Å²) in [4.78, 5) is -0.0152. The van der Waals surface area contributed by atoms with Crippen LogP contribution < -0.4 is 24.3 Å². The van der Waals surface area contributed by atoms with Gasteiger partial charge < -0.3 is 24.3 Å². The van der Waals surface area contributed by atoms with Gasteiger partial charge in [0.05, 0.1) is 43.0 Å². The maximum atomic E-state index is 13.3. The summed E-state index contributed by atoms with van der Waals surface area (Å²) in [6, 6.07) is 10.5. The lowest BCUT2D eigenvalue weighted by molar-refractivity contribution is 0.307. The minimum Gasteiger partial charge on any atom is -0.497 e. The molecule has 0 saturated carbocycles. The topological polar surface area (TPSA) is 117 Å². The molecule has 0 aliphatic carbocycles. The predicted molar refractivity (Wildman–Crippen MR) is 119 cm³/mol. The second-order valence-electron chi connectivity index (χ2n) is 7.26. The molecule has 1 fully saturated rings. The van der Waals surface area contributed by atoms with E-state index in [1.54, 1.807) is 31.4 Å². The summed E-state index contributed by atoms with van der Waals surface area (Å²) in [5.74, 6) is 1.27. The van der Waals surface area contributed by atoms with Crippen molar-refractivity contribution in [1.29, 1.82) is 0 Å². The molecule has 0 radical (unpaired) electrons. The van der Waals surface area contributed by atoms with E-state index in [4.69, 9.17) is 18.9 Å². The molecule has 0 aromatic heterocycles. The molecule has 1 heterocycles. The summed E-state index contributed by atoms with van der Waals surface area (Å²) in [6.45, 7) is 0.524. The van der Waals surface area contributed by atoms with E-state index in [0.29, 0.717) is 17.2 Å². The lowest BCUT2D eigenvalue weighted by atomic mass is 10.2. The highest BCUT2D eigenvalue weighted by molar-refractivity contribution is 7.96. The molecule has 0 unspecified atom stereocenters. The van der Waals surface area contributed by atoms with Crippen molar-refractivity contribution < 1.29 is 35.8 Å². The average Bonchev–Trinajstić information content (AvgIpc) is 3.11. The van der Waals surface area contributed by atoms with Crippen LogP contribution in [0.25, 0.3) is 0 Å². The van der Waals surface area contributed by atoms with Gasteiger partial charge in [0.2, 0.25) is 0 Å². The first kappa shape index (κ1) is 24.1. The van der Waals surface area contributed by atoms with Crippen molar-refractivity contribution in [2.24, 2.45) is 0 Å². The van der Waals surface area contributed by atoms with Crippen molar-refractivity contribution >= 4 is 19.7 Å². The smallest absolute Gasteiger partial charge is 0.183 e. The van der Waals surface area contributed by atoms with Crippen LogP contribution in [0.3, 0.4) is 0 Å². The van der Waals surface area contributed by atoms with Gasteiger partial charge in [-0.05, 0) is 36.4 Å². The molecule has 32 heavy (non-hydrogen) atoms. The Morgan fingerprint density at radius 2 is 1.56 bits per heavy atom. The third-order valence-electron chi connectivity index (χ3n) is 5.22. The molecular formula is C21H27NO8S2. The Kier molecular flexibility index (Phi) is 7.52. The zero-order valence-electron chi connectivity index (χ0n) is 18.1. The van der Waals surface area contributed by atoms with Crippen molar-refractivity contribution in [2.45, 2.75) is 16.2 Å². The van der Waals surface area contributed by atoms with E-state index >= 15 is 0 Å². The van der Waals surface area contributed by atoms with Crippen LogP contribution in [0.2, 0.25) is 0 Å². The monoisotopic (exact) mass is 485 g/mol. The van der Waals surface area contributed by atoms with Crippen LogP contribution in [-0.4, -0.2) is 74.1 Å². The number of rotatable bonds is 10. The SMILES string of the molecule is COc1ccc(OCCN[C@H]2CS(=O)(=O)C[C@@H]2S(=O)(=O)c2ccc(OC)c(OC)c2)cc1. The first-order valence-electron chi connectivity index (χ1n) is 9.87. The van der Waals surface area contributed by atoms with Gasteiger partial charge in [0, 0.05) is 18.7 Å². The molecule has 9 nitrogen and oxygen atoms in total. The fraction of sp³-hybridized carbons (Fsp3) is 0.429. The maximum absolute atomic E-state index is 13.3. The highest BCUT2D eigenvalue weighted by Crippen LogP contribution is 2.33. The van der Waals surface area contributed by atoms with Gasteiger partial charge in [-0.2, -0.15) is 0 Å². The van der Waals surface area contributed by atoms with Crippen molar-refractivity contribution in [3.63, 3.8) is 0 Å². The molecule has 176 valence electrons. The Morgan fingerprint density at radius 1 is 0.906 bits per heavy atom. The quantitative estimate of drug-likeness (QED) is 0.497. The number of hydrogen-bond donors (Lipinski definition) is 1. The lowest BCUT2D eigenvalue weighted by Crippen LogP contribution is -2.44. The highest BCUT2D eigenvalue weighted by Gasteiger charge is 2.45. The summed E-state index contributed by atoms with van der Waals surface area (Å²) in [5.41, 5.74) is 0.